The third kappa shape index (κ3) is 3.05. The van der Waals surface area contributed by atoms with Gasteiger partial charge >= 0.3 is 5.69 Å². The van der Waals surface area contributed by atoms with Crippen LogP contribution < -0.4 is 16.6 Å². The molecule has 2 heterocycles. The molecule has 0 unspecified atom stereocenters. The van der Waals surface area contributed by atoms with Crippen molar-refractivity contribution in [3.63, 3.8) is 0 Å². The van der Waals surface area contributed by atoms with Gasteiger partial charge in [0.2, 0.25) is 0 Å². The van der Waals surface area contributed by atoms with Gasteiger partial charge in [-0.05, 0) is 43.5 Å². The summed E-state index contributed by atoms with van der Waals surface area (Å²) < 4.78 is 1.59. The molecule has 4 rings (SSSR count). The number of aromatic amines is 1. The second kappa shape index (κ2) is 7.13. The summed E-state index contributed by atoms with van der Waals surface area (Å²) in [6, 6.07) is 16.2. The average Bonchev–Trinajstić information content (AvgIpc) is 2.71. The highest BCUT2D eigenvalue weighted by atomic mass is 16.2. The highest BCUT2D eigenvalue weighted by molar-refractivity contribution is 5.55. The van der Waals surface area contributed by atoms with E-state index in [2.05, 4.69) is 34.3 Å². The molecule has 1 atom stereocenters. The Balaban J connectivity index is 1.79. The molecule has 3 aromatic rings. The molecular formula is C22H24N4O2. The maximum absolute atomic E-state index is 12.7. The second-order valence-corrected chi connectivity index (χ2v) is 7.31. The smallest absolute Gasteiger partial charge is 0.334 e. The quantitative estimate of drug-likeness (QED) is 0.737. The van der Waals surface area contributed by atoms with Crippen molar-refractivity contribution >= 4 is 5.82 Å². The molecule has 6 heteroatoms. The minimum atomic E-state index is -0.422. The molecule has 0 bridgehead atoms. The van der Waals surface area contributed by atoms with E-state index in [-0.39, 0.29) is 11.6 Å². The summed E-state index contributed by atoms with van der Waals surface area (Å²) >= 11 is 0. The Labute approximate surface area is 163 Å². The van der Waals surface area contributed by atoms with Gasteiger partial charge in [-0.1, -0.05) is 42.5 Å². The first kappa shape index (κ1) is 18.3. The zero-order chi connectivity index (χ0) is 19.8. The Morgan fingerprint density at radius 1 is 1.00 bits per heavy atom. The van der Waals surface area contributed by atoms with Crippen molar-refractivity contribution in [2.24, 2.45) is 0 Å². The Kier molecular flexibility index (Phi) is 4.65. The van der Waals surface area contributed by atoms with E-state index >= 15 is 0 Å². The molecule has 0 fully saturated rings. The van der Waals surface area contributed by atoms with Gasteiger partial charge in [0, 0.05) is 12.6 Å². The Hall–Kier alpha value is -3.12. The van der Waals surface area contributed by atoms with Gasteiger partial charge in [-0.2, -0.15) is 0 Å². The first-order valence-corrected chi connectivity index (χ1v) is 9.45. The van der Waals surface area contributed by atoms with E-state index in [9.17, 15) is 9.59 Å². The van der Waals surface area contributed by atoms with Crippen molar-refractivity contribution < 1.29 is 0 Å². The predicted octanol–water partition coefficient (Wildman–Crippen LogP) is 3.09. The van der Waals surface area contributed by atoms with E-state index in [1.165, 1.54) is 5.56 Å². The molecule has 0 aliphatic carbocycles. The SMILES string of the molecule is Cc1cccc(-n2c3c(c(=O)[nH]c2=O)CN([C@@H](C)c2ccccc2)CN3)c1C. The molecule has 2 aromatic carbocycles. The fourth-order valence-electron chi connectivity index (χ4n) is 3.76. The van der Waals surface area contributed by atoms with Crippen molar-refractivity contribution in [1.82, 2.24) is 14.5 Å². The van der Waals surface area contributed by atoms with Crippen LogP contribution in [0, 0.1) is 13.8 Å². The maximum atomic E-state index is 12.7. The third-order valence-corrected chi connectivity index (χ3v) is 5.66. The zero-order valence-electron chi connectivity index (χ0n) is 16.3. The number of aromatic nitrogens is 2. The van der Waals surface area contributed by atoms with Crippen LogP contribution in [0.1, 0.15) is 35.2 Å². The van der Waals surface area contributed by atoms with Crippen LogP contribution in [0.2, 0.25) is 0 Å². The molecule has 0 saturated carbocycles. The van der Waals surface area contributed by atoms with Crippen LogP contribution in [0.15, 0.2) is 58.1 Å². The fraction of sp³-hybridized carbons (Fsp3) is 0.273. The van der Waals surface area contributed by atoms with Gasteiger partial charge in [0.15, 0.2) is 0 Å². The van der Waals surface area contributed by atoms with Gasteiger partial charge in [0.25, 0.3) is 5.56 Å². The number of H-pyrrole nitrogens is 1. The second-order valence-electron chi connectivity index (χ2n) is 7.31. The van der Waals surface area contributed by atoms with Gasteiger partial charge in [-0.25, -0.2) is 9.36 Å². The summed E-state index contributed by atoms with van der Waals surface area (Å²) in [7, 11) is 0. The molecule has 0 saturated heterocycles. The van der Waals surface area contributed by atoms with Crippen LogP contribution in [0.4, 0.5) is 5.82 Å². The first-order valence-electron chi connectivity index (χ1n) is 9.45. The molecule has 0 spiro atoms. The summed E-state index contributed by atoms with van der Waals surface area (Å²) in [5.41, 5.74) is 3.91. The number of rotatable bonds is 3. The third-order valence-electron chi connectivity index (χ3n) is 5.66. The predicted molar refractivity (Wildman–Crippen MR) is 111 cm³/mol. The number of nitrogens with one attached hydrogen (secondary N) is 2. The summed E-state index contributed by atoms with van der Waals surface area (Å²) in [6.07, 6.45) is 0. The topological polar surface area (TPSA) is 70.1 Å². The van der Waals surface area contributed by atoms with Crippen LogP contribution in [0.25, 0.3) is 5.69 Å². The monoisotopic (exact) mass is 376 g/mol. The molecular weight excluding hydrogens is 352 g/mol. The highest BCUT2D eigenvalue weighted by Crippen LogP contribution is 2.28. The number of fused-ring (bicyclic) bond motifs is 1. The van der Waals surface area contributed by atoms with E-state index in [1.807, 2.05) is 50.2 Å². The zero-order valence-corrected chi connectivity index (χ0v) is 16.3. The molecule has 2 N–H and O–H groups in total. The molecule has 0 radical (unpaired) electrons. The Morgan fingerprint density at radius 2 is 1.75 bits per heavy atom. The largest absolute Gasteiger partial charge is 0.358 e. The molecule has 1 aromatic heterocycles. The first-order chi connectivity index (χ1) is 13.5. The molecule has 1 aliphatic rings. The van der Waals surface area contributed by atoms with Crippen LogP contribution in [-0.2, 0) is 6.54 Å². The summed E-state index contributed by atoms with van der Waals surface area (Å²) in [5, 5.41) is 3.33. The van der Waals surface area contributed by atoms with E-state index in [0.717, 1.165) is 16.8 Å². The minimum Gasteiger partial charge on any atom is -0.358 e. The molecule has 144 valence electrons. The number of aryl methyl sites for hydroxylation is 1. The standard InChI is InChI=1S/C22H24N4O2/c1-14-8-7-11-19(15(14)2)26-20-18(21(27)24-22(26)28)12-25(13-23-20)16(3)17-9-5-4-6-10-17/h4-11,16,23H,12-13H2,1-3H3,(H,24,27,28)/t16-/m0/s1. The number of nitrogens with zero attached hydrogens (tertiary/aromatic N) is 2. The van der Waals surface area contributed by atoms with E-state index < -0.39 is 5.69 Å². The number of hydrogen-bond acceptors (Lipinski definition) is 4. The van der Waals surface area contributed by atoms with Crippen LogP contribution in [0.3, 0.4) is 0 Å². The lowest BCUT2D eigenvalue weighted by atomic mass is 10.1. The molecule has 6 nitrogen and oxygen atoms in total. The van der Waals surface area contributed by atoms with Gasteiger partial charge in [0.05, 0.1) is 17.9 Å². The van der Waals surface area contributed by atoms with Crippen molar-refractivity contribution in [3.05, 3.63) is 91.6 Å². The molecule has 0 amide bonds. The van der Waals surface area contributed by atoms with Crippen LogP contribution in [-0.4, -0.2) is 21.1 Å². The Bertz CT molecular complexity index is 1130. The summed E-state index contributed by atoms with van der Waals surface area (Å²) in [4.78, 5) is 29.9. The number of benzene rings is 2. The van der Waals surface area contributed by atoms with E-state index in [1.54, 1.807) is 4.57 Å². The van der Waals surface area contributed by atoms with Gasteiger partial charge in [-0.3, -0.25) is 14.7 Å². The van der Waals surface area contributed by atoms with Gasteiger partial charge in [-0.15, -0.1) is 0 Å². The van der Waals surface area contributed by atoms with Crippen molar-refractivity contribution in [2.45, 2.75) is 33.4 Å². The molecule has 28 heavy (non-hydrogen) atoms. The Morgan fingerprint density at radius 3 is 2.50 bits per heavy atom. The van der Waals surface area contributed by atoms with Crippen LogP contribution in [0.5, 0.6) is 0 Å². The van der Waals surface area contributed by atoms with Crippen molar-refractivity contribution in [3.8, 4) is 5.69 Å². The van der Waals surface area contributed by atoms with E-state index in [4.69, 9.17) is 0 Å². The van der Waals surface area contributed by atoms with Crippen molar-refractivity contribution in [2.75, 3.05) is 12.0 Å². The van der Waals surface area contributed by atoms with Crippen LogP contribution >= 0.6 is 0 Å². The minimum absolute atomic E-state index is 0.141. The number of anilines is 1. The normalized spacial score (nSPS) is 15.0. The lowest BCUT2D eigenvalue weighted by Crippen LogP contribution is -2.43. The lowest BCUT2D eigenvalue weighted by molar-refractivity contribution is 0.207. The summed E-state index contributed by atoms with van der Waals surface area (Å²) in [5.74, 6) is 0.582. The highest BCUT2D eigenvalue weighted by Gasteiger charge is 2.27. The van der Waals surface area contributed by atoms with E-state index in [0.29, 0.717) is 24.6 Å². The maximum Gasteiger partial charge on any atom is 0.334 e. The lowest BCUT2D eigenvalue weighted by Gasteiger charge is -2.35. The summed E-state index contributed by atoms with van der Waals surface area (Å²) in [6.45, 7) is 7.15. The van der Waals surface area contributed by atoms with Gasteiger partial charge in [0.1, 0.15) is 5.82 Å². The van der Waals surface area contributed by atoms with Crippen molar-refractivity contribution in [1.29, 1.82) is 0 Å². The number of hydrogen-bond donors (Lipinski definition) is 2. The fourth-order valence-corrected chi connectivity index (χ4v) is 3.76. The molecule has 1 aliphatic heterocycles. The van der Waals surface area contributed by atoms with Gasteiger partial charge < -0.3 is 5.32 Å². The average molecular weight is 376 g/mol.